The van der Waals surface area contributed by atoms with E-state index in [1.165, 1.54) is 12.3 Å². The molecule has 1 aliphatic heterocycles. The van der Waals surface area contributed by atoms with Gasteiger partial charge in [-0.25, -0.2) is 24.8 Å². The minimum atomic E-state index is -0.461. The van der Waals surface area contributed by atoms with Gasteiger partial charge < -0.3 is 31.6 Å². The molecule has 5 rings (SSSR count). The van der Waals surface area contributed by atoms with Crippen molar-refractivity contribution in [2.75, 3.05) is 22.1 Å². The largest absolute Gasteiger partial charge is 0.634 e. The second kappa shape index (κ2) is 15.6. The van der Waals surface area contributed by atoms with Gasteiger partial charge in [0.15, 0.2) is 5.82 Å². The summed E-state index contributed by atoms with van der Waals surface area (Å²) in [5.41, 5.74) is 3.87. The molecule has 0 saturated carbocycles. The fourth-order valence-corrected chi connectivity index (χ4v) is 5.13. The first-order valence-corrected chi connectivity index (χ1v) is 15.2. The van der Waals surface area contributed by atoms with E-state index < -0.39 is 5.82 Å². The second-order valence-corrected chi connectivity index (χ2v) is 10.8. The first kappa shape index (κ1) is 33.5. The van der Waals surface area contributed by atoms with Crippen LogP contribution in [0.3, 0.4) is 0 Å². The maximum atomic E-state index is 13.6. The molecule has 4 heterocycles. The van der Waals surface area contributed by atoms with E-state index in [1.807, 2.05) is 37.3 Å². The normalized spacial score (nSPS) is 14.5. The van der Waals surface area contributed by atoms with Crippen LogP contribution in [0.1, 0.15) is 31.2 Å². The van der Waals surface area contributed by atoms with Gasteiger partial charge in [0.1, 0.15) is 30.1 Å². The van der Waals surface area contributed by atoms with Crippen molar-refractivity contribution in [1.82, 2.24) is 19.9 Å². The van der Waals surface area contributed by atoms with Crippen molar-refractivity contribution in [3.63, 3.8) is 0 Å². The highest BCUT2D eigenvalue weighted by Gasteiger charge is 2.31. The highest BCUT2D eigenvalue weighted by atomic mass is 19.1. The number of nitrogens with one attached hydrogen (secondary N) is 4. The summed E-state index contributed by atoms with van der Waals surface area (Å²) >= 11 is 0. The van der Waals surface area contributed by atoms with Gasteiger partial charge in [0, 0.05) is 29.9 Å². The molecule has 0 aliphatic carbocycles. The Morgan fingerprint density at radius 3 is 2.65 bits per heavy atom. The Bertz CT molecular complexity index is 1870. The summed E-state index contributed by atoms with van der Waals surface area (Å²) in [5.74, 6) is 0.842. The third-order valence-electron chi connectivity index (χ3n) is 7.58. The number of quaternary nitrogens is 2. The SMILES string of the molecule is C=C/C=C\C(C(=N)[NH2+][O-])=C1\Nc2ccc(-c3ccc(F)cn3)nc2N1c1ccc(C[NH+]([O-])CCC(CC)Nc2ccnc(C#N)n2)cc1. The minimum absolute atomic E-state index is 0.00245. The number of halogens is 1. The van der Waals surface area contributed by atoms with Gasteiger partial charge in [-0.3, -0.25) is 9.88 Å². The molecule has 0 amide bonds. The Labute approximate surface area is 276 Å². The fourth-order valence-electron chi connectivity index (χ4n) is 5.13. The van der Waals surface area contributed by atoms with Crippen LogP contribution in [-0.4, -0.2) is 38.4 Å². The molecule has 0 fully saturated rings. The molecule has 0 saturated heterocycles. The number of benzene rings is 1. The molecule has 13 nitrogen and oxygen atoms in total. The number of rotatable bonds is 13. The van der Waals surface area contributed by atoms with Crippen LogP contribution in [0, 0.1) is 33.0 Å². The maximum absolute atomic E-state index is 13.6. The number of nitriles is 1. The number of hydroxylamine groups is 3. The average molecular weight is 648 g/mol. The van der Waals surface area contributed by atoms with E-state index in [2.05, 4.69) is 32.2 Å². The highest BCUT2D eigenvalue weighted by molar-refractivity contribution is 5.97. The molecule has 14 heteroatoms. The monoisotopic (exact) mass is 647 g/mol. The van der Waals surface area contributed by atoms with Gasteiger partial charge in [-0.1, -0.05) is 37.8 Å². The maximum Gasteiger partial charge on any atom is 0.234 e. The van der Waals surface area contributed by atoms with E-state index in [1.54, 1.807) is 47.4 Å². The summed E-state index contributed by atoms with van der Waals surface area (Å²) in [6, 6.07) is 17.4. The molecule has 1 aliphatic rings. The average Bonchev–Trinajstić information content (AvgIpc) is 3.49. The first-order valence-electron chi connectivity index (χ1n) is 15.2. The molecule has 0 spiro atoms. The Morgan fingerprint density at radius 1 is 1.17 bits per heavy atom. The number of anilines is 4. The lowest BCUT2D eigenvalue weighted by Gasteiger charge is -2.26. The van der Waals surface area contributed by atoms with E-state index in [0.717, 1.165) is 18.2 Å². The summed E-state index contributed by atoms with van der Waals surface area (Å²) in [4.78, 5) is 18.8. The summed E-state index contributed by atoms with van der Waals surface area (Å²) in [6.07, 6.45) is 8.82. The number of fused-ring (bicyclic) bond motifs is 1. The highest BCUT2D eigenvalue weighted by Crippen LogP contribution is 2.42. The molecule has 1 aromatic carbocycles. The van der Waals surface area contributed by atoms with E-state index in [0.29, 0.717) is 64.2 Å². The number of amidine groups is 1. The molecule has 4 aromatic rings. The Morgan fingerprint density at radius 2 is 1.96 bits per heavy atom. The topological polar surface area (TPSA) is 194 Å². The van der Waals surface area contributed by atoms with Crippen molar-refractivity contribution in [3.05, 3.63) is 131 Å². The third-order valence-corrected chi connectivity index (χ3v) is 7.58. The van der Waals surface area contributed by atoms with Crippen LogP contribution in [0.15, 0.2) is 103 Å². The van der Waals surface area contributed by atoms with E-state index in [4.69, 9.17) is 15.7 Å². The van der Waals surface area contributed by atoms with Crippen molar-refractivity contribution in [1.29, 1.82) is 10.7 Å². The van der Waals surface area contributed by atoms with Gasteiger partial charge in [-0.15, -0.1) is 0 Å². The quantitative estimate of drug-likeness (QED) is 0.0619. The molecular formula is C34H34FN11O2. The number of pyridine rings is 2. The van der Waals surface area contributed by atoms with Gasteiger partial charge in [0.25, 0.3) is 0 Å². The van der Waals surface area contributed by atoms with Crippen LogP contribution >= 0.6 is 0 Å². The number of nitrogens with two attached hydrogens (primary N) is 1. The molecule has 0 bridgehead atoms. The zero-order valence-electron chi connectivity index (χ0n) is 26.2. The van der Waals surface area contributed by atoms with Crippen molar-refractivity contribution in [2.24, 2.45) is 0 Å². The van der Waals surface area contributed by atoms with Crippen LogP contribution < -0.4 is 26.1 Å². The number of nitrogens with zero attached hydrogens (tertiary/aromatic N) is 6. The zero-order valence-corrected chi connectivity index (χ0v) is 26.2. The van der Waals surface area contributed by atoms with Crippen molar-refractivity contribution >= 4 is 28.8 Å². The predicted molar refractivity (Wildman–Crippen MR) is 181 cm³/mol. The van der Waals surface area contributed by atoms with Crippen LogP contribution in [-0.2, 0) is 6.54 Å². The number of hydrogen-bond acceptors (Lipinski definition) is 11. The third kappa shape index (κ3) is 7.92. The van der Waals surface area contributed by atoms with Crippen LogP contribution in [0.4, 0.5) is 27.4 Å². The lowest BCUT2D eigenvalue weighted by Crippen LogP contribution is -3.05. The minimum Gasteiger partial charge on any atom is -0.634 e. The van der Waals surface area contributed by atoms with Gasteiger partial charge in [-0.05, 0) is 55.0 Å². The van der Waals surface area contributed by atoms with Crippen molar-refractivity contribution in [3.8, 4) is 17.5 Å². The molecule has 2 unspecified atom stereocenters. The number of hydrogen-bond donors (Lipinski definition) is 5. The van der Waals surface area contributed by atoms with E-state index >= 15 is 0 Å². The van der Waals surface area contributed by atoms with Gasteiger partial charge >= 0.3 is 0 Å². The van der Waals surface area contributed by atoms with Crippen LogP contribution in [0.5, 0.6) is 0 Å². The van der Waals surface area contributed by atoms with Gasteiger partial charge in [0.2, 0.25) is 11.7 Å². The van der Waals surface area contributed by atoms with Crippen molar-refractivity contribution < 1.29 is 14.9 Å². The molecule has 244 valence electrons. The predicted octanol–water partition coefficient (Wildman–Crippen LogP) is 3.66. The summed E-state index contributed by atoms with van der Waals surface area (Å²) in [6.45, 7) is 6.32. The van der Waals surface area contributed by atoms with Gasteiger partial charge in [0.05, 0.1) is 35.4 Å². The molecular weight excluding hydrogens is 613 g/mol. The van der Waals surface area contributed by atoms with E-state index in [-0.39, 0.29) is 29.3 Å². The Balaban J connectivity index is 1.38. The standard InChI is InChI=1S/C34H34FN11O2/c1-3-5-6-26(32(37)44-47)33-42-29-14-13-28(27-12-9-23(35)20-39-27)41-34(29)46(33)25-10-7-22(8-11-25)21-45(48)18-16-24(4-2)40-30-15-17-38-31(19-36)43-30/h3,5-15,17,20,24,37,42,45H,1,4,16,18,21,44H2,2H3,(H,38,40,43)/b6-5-,33-26+,37-32?. The second-order valence-electron chi connectivity index (χ2n) is 10.8. The number of aromatic nitrogens is 4. The molecule has 6 N–H and O–H groups in total. The Hall–Kier alpha value is -5.85. The van der Waals surface area contributed by atoms with Crippen LogP contribution in [0.25, 0.3) is 11.4 Å². The van der Waals surface area contributed by atoms with E-state index in [9.17, 15) is 14.8 Å². The molecule has 48 heavy (non-hydrogen) atoms. The summed E-state index contributed by atoms with van der Waals surface area (Å²) < 4.78 is 13.6. The summed E-state index contributed by atoms with van der Waals surface area (Å²) in [5, 5.41) is 48.8. The smallest absolute Gasteiger partial charge is 0.234 e. The molecule has 0 radical (unpaired) electrons. The van der Waals surface area contributed by atoms with Gasteiger partial charge in [-0.2, -0.15) is 5.26 Å². The summed E-state index contributed by atoms with van der Waals surface area (Å²) in [7, 11) is 0. The Kier molecular flexibility index (Phi) is 10.9. The zero-order chi connectivity index (χ0) is 34.0. The van der Waals surface area contributed by atoms with Crippen molar-refractivity contribution in [2.45, 2.75) is 32.4 Å². The van der Waals surface area contributed by atoms with Crippen LogP contribution in [0.2, 0.25) is 0 Å². The first-order chi connectivity index (χ1) is 23.3. The fraction of sp³-hybridized carbons (Fsp3) is 0.176. The lowest BCUT2D eigenvalue weighted by molar-refractivity contribution is -0.862. The lowest BCUT2D eigenvalue weighted by atomic mass is 10.1. The number of allylic oxidation sites excluding steroid dienone is 2. The molecule has 2 atom stereocenters. The molecule has 3 aromatic heterocycles.